The van der Waals surface area contributed by atoms with Gasteiger partial charge >= 0.3 is 0 Å². The van der Waals surface area contributed by atoms with Crippen molar-refractivity contribution in [2.24, 2.45) is 0 Å². The Labute approximate surface area is 201 Å². The molecule has 0 aliphatic carbocycles. The molecule has 6 rings (SSSR count). The molecule has 3 aliphatic rings. The van der Waals surface area contributed by atoms with Gasteiger partial charge in [-0.2, -0.15) is 10.2 Å². The smallest absolute Gasteiger partial charge is 0.297 e. The van der Waals surface area contributed by atoms with Gasteiger partial charge in [-0.05, 0) is 47.7 Å². The number of nitrogens with zero attached hydrogens (tertiary/aromatic N) is 6. The van der Waals surface area contributed by atoms with Crippen LogP contribution in [0.3, 0.4) is 0 Å². The molecule has 0 bridgehead atoms. The Bertz CT molecular complexity index is 1520. The predicted octanol–water partition coefficient (Wildman–Crippen LogP) is 3.56. The first-order valence-corrected chi connectivity index (χ1v) is 11.6. The highest BCUT2D eigenvalue weighted by atomic mass is 16.5. The van der Waals surface area contributed by atoms with E-state index < -0.39 is 0 Å². The molecule has 0 N–H and O–H groups in total. The number of ether oxygens (including phenoxy) is 2. The number of methoxy groups -OCH3 is 1. The molecule has 3 aliphatic heterocycles. The molecule has 1 aromatic carbocycles. The highest BCUT2D eigenvalue weighted by molar-refractivity contribution is 5.89. The Kier molecular flexibility index (Phi) is 5.46. The van der Waals surface area contributed by atoms with E-state index in [-0.39, 0.29) is 11.6 Å². The fourth-order valence-electron chi connectivity index (χ4n) is 4.59. The molecule has 1 fully saturated rings. The zero-order valence-corrected chi connectivity index (χ0v) is 19.3. The van der Waals surface area contributed by atoms with Gasteiger partial charge in [-0.25, -0.2) is 19.3 Å². The van der Waals surface area contributed by atoms with E-state index >= 15 is 0 Å². The van der Waals surface area contributed by atoms with Gasteiger partial charge in [0.25, 0.3) is 5.56 Å². The molecule has 0 saturated carbocycles. The molecule has 35 heavy (non-hydrogen) atoms. The van der Waals surface area contributed by atoms with Crippen molar-refractivity contribution in [1.82, 2.24) is 29.5 Å². The van der Waals surface area contributed by atoms with E-state index in [0.717, 1.165) is 41.5 Å². The molecule has 3 aromatic rings. The first kappa shape index (κ1) is 21.4. The fraction of sp³-hybridized carbons (Fsp3) is 0.269. The SMILES string of the molecule is COc1cc(-c2ccc(Cn3nc4c(=O)n(C5CCCOC5)nc-4c4cccnc43)cc2)ccn1. The molecule has 1 saturated heterocycles. The summed E-state index contributed by atoms with van der Waals surface area (Å²) < 4.78 is 14.2. The first-order valence-electron chi connectivity index (χ1n) is 11.6. The number of pyridine rings is 2. The summed E-state index contributed by atoms with van der Waals surface area (Å²) in [5.74, 6) is 0.575. The van der Waals surface area contributed by atoms with Crippen LogP contribution in [-0.4, -0.2) is 49.9 Å². The summed E-state index contributed by atoms with van der Waals surface area (Å²) in [6.45, 7) is 1.69. The standard InChI is InChI=1S/C26H24N6O3/c1-34-22-14-19(10-12-27-22)18-8-6-17(7-9-18)15-31-25-21(5-2-11-28-25)23-24(29-31)26(33)32(30-23)20-4-3-13-35-16-20/h2,5-12,14,20H,3-4,13,15-16H2,1H3. The molecule has 0 spiro atoms. The Hall–Kier alpha value is -4.11. The van der Waals surface area contributed by atoms with Crippen LogP contribution in [0.15, 0.2) is 65.7 Å². The number of benzene rings is 1. The Morgan fingerprint density at radius 3 is 2.71 bits per heavy atom. The molecular weight excluding hydrogens is 444 g/mol. The number of aromatic nitrogens is 6. The second kappa shape index (κ2) is 8.92. The quantitative estimate of drug-likeness (QED) is 0.389. The summed E-state index contributed by atoms with van der Waals surface area (Å²) in [7, 11) is 1.61. The van der Waals surface area contributed by atoms with Crippen LogP contribution in [0.5, 0.6) is 5.88 Å². The average Bonchev–Trinajstić information content (AvgIpc) is 3.26. The van der Waals surface area contributed by atoms with Crippen molar-refractivity contribution in [3.63, 3.8) is 0 Å². The molecule has 9 nitrogen and oxygen atoms in total. The van der Waals surface area contributed by atoms with Crippen LogP contribution in [0.25, 0.3) is 33.5 Å². The van der Waals surface area contributed by atoms with Crippen molar-refractivity contribution in [2.45, 2.75) is 25.4 Å². The highest BCUT2D eigenvalue weighted by Gasteiger charge is 2.27. The first-order chi connectivity index (χ1) is 17.2. The third-order valence-corrected chi connectivity index (χ3v) is 6.40. The summed E-state index contributed by atoms with van der Waals surface area (Å²) >= 11 is 0. The Morgan fingerprint density at radius 1 is 1.03 bits per heavy atom. The van der Waals surface area contributed by atoms with Crippen molar-refractivity contribution in [2.75, 3.05) is 20.3 Å². The average molecular weight is 469 g/mol. The lowest BCUT2D eigenvalue weighted by molar-refractivity contribution is 0.0540. The monoisotopic (exact) mass is 468 g/mol. The molecule has 9 heteroatoms. The zero-order valence-electron chi connectivity index (χ0n) is 19.3. The van der Waals surface area contributed by atoms with Crippen LogP contribution in [0.1, 0.15) is 24.4 Å². The third-order valence-electron chi connectivity index (χ3n) is 6.40. The topological polar surface area (TPSA) is 97.0 Å². The van der Waals surface area contributed by atoms with Crippen LogP contribution in [0, 0.1) is 0 Å². The van der Waals surface area contributed by atoms with Gasteiger partial charge in [-0.15, -0.1) is 0 Å². The molecule has 176 valence electrons. The summed E-state index contributed by atoms with van der Waals surface area (Å²) in [5.41, 5.74) is 4.57. The van der Waals surface area contributed by atoms with Crippen LogP contribution < -0.4 is 10.3 Å². The Morgan fingerprint density at radius 2 is 1.91 bits per heavy atom. The number of hydrogen-bond donors (Lipinski definition) is 0. The van der Waals surface area contributed by atoms with Crippen LogP contribution in [0.4, 0.5) is 0 Å². The van der Waals surface area contributed by atoms with Crippen LogP contribution in [-0.2, 0) is 11.3 Å². The number of fused-ring (bicyclic) bond motifs is 3. The van der Waals surface area contributed by atoms with Gasteiger partial charge in [0.1, 0.15) is 5.69 Å². The minimum absolute atomic E-state index is 0.0648. The molecule has 0 amide bonds. The molecule has 1 atom stereocenters. The number of hydrogen-bond acceptors (Lipinski definition) is 7. The summed E-state index contributed by atoms with van der Waals surface area (Å²) in [6.07, 6.45) is 5.25. The van der Waals surface area contributed by atoms with E-state index in [4.69, 9.17) is 14.6 Å². The summed E-state index contributed by atoms with van der Waals surface area (Å²) in [4.78, 5) is 22.0. The summed E-state index contributed by atoms with van der Waals surface area (Å²) in [6, 6.07) is 15.8. The van der Waals surface area contributed by atoms with Crippen LogP contribution >= 0.6 is 0 Å². The highest BCUT2D eigenvalue weighted by Crippen LogP contribution is 2.27. The van der Waals surface area contributed by atoms with Crippen molar-refractivity contribution in [3.05, 3.63) is 76.8 Å². The van der Waals surface area contributed by atoms with E-state index in [1.54, 1.807) is 28.9 Å². The fourth-order valence-corrected chi connectivity index (χ4v) is 4.59. The zero-order chi connectivity index (χ0) is 23.8. The third kappa shape index (κ3) is 3.93. The van der Waals surface area contributed by atoms with Gasteiger partial charge in [-0.3, -0.25) is 4.79 Å². The van der Waals surface area contributed by atoms with E-state index in [0.29, 0.717) is 36.1 Å². The van der Waals surface area contributed by atoms with Crippen LogP contribution in [0.2, 0.25) is 0 Å². The number of rotatable bonds is 5. The maximum atomic E-state index is 13.3. The second-order valence-electron chi connectivity index (χ2n) is 8.63. The Balaban J connectivity index is 1.38. The normalized spacial score (nSPS) is 16.1. The lowest BCUT2D eigenvalue weighted by Crippen LogP contribution is -2.29. The van der Waals surface area contributed by atoms with Crippen molar-refractivity contribution in [3.8, 4) is 28.4 Å². The minimum atomic E-state index is -0.183. The van der Waals surface area contributed by atoms with E-state index in [2.05, 4.69) is 39.3 Å². The van der Waals surface area contributed by atoms with Gasteiger partial charge in [-0.1, -0.05) is 24.3 Å². The van der Waals surface area contributed by atoms with E-state index in [9.17, 15) is 4.79 Å². The van der Waals surface area contributed by atoms with Gasteiger partial charge < -0.3 is 9.47 Å². The summed E-state index contributed by atoms with van der Waals surface area (Å²) in [5, 5.41) is 10.2. The minimum Gasteiger partial charge on any atom is -0.481 e. The molecule has 5 heterocycles. The second-order valence-corrected chi connectivity index (χ2v) is 8.63. The van der Waals surface area contributed by atoms with Crippen molar-refractivity contribution < 1.29 is 9.47 Å². The van der Waals surface area contributed by atoms with Gasteiger partial charge in [0.05, 0.1) is 26.3 Å². The maximum Gasteiger partial charge on any atom is 0.297 e. The van der Waals surface area contributed by atoms with Gasteiger partial charge in [0.15, 0.2) is 11.3 Å². The van der Waals surface area contributed by atoms with Crippen molar-refractivity contribution >= 4 is 11.0 Å². The van der Waals surface area contributed by atoms with Crippen molar-refractivity contribution in [1.29, 1.82) is 0 Å². The maximum absolute atomic E-state index is 13.3. The van der Waals surface area contributed by atoms with E-state index in [1.165, 1.54) is 0 Å². The largest absolute Gasteiger partial charge is 0.481 e. The van der Waals surface area contributed by atoms with Gasteiger partial charge in [0.2, 0.25) is 5.88 Å². The molecule has 2 aromatic heterocycles. The molecular formula is C26H24N6O3. The molecule has 1 unspecified atom stereocenters. The van der Waals surface area contributed by atoms with E-state index in [1.807, 2.05) is 24.3 Å². The van der Waals surface area contributed by atoms with Gasteiger partial charge in [0, 0.05) is 30.5 Å². The molecule has 0 radical (unpaired) electrons. The predicted molar refractivity (Wildman–Crippen MR) is 131 cm³/mol. The lowest BCUT2D eigenvalue weighted by atomic mass is 10.0. The lowest BCUT2D eigenvalue weighted by Gasteiger charge is -2.21.